The zero-order chi connectivity index (χ0) is 17.8. The van der Waals surface area contributed by atoms with Gasteiger partial charge < -0.3 is 14.1 Å². The molecule has 1 atom stereocenters. The van der Waals surface area contributed by atoms with Crippen LogP contribution in [0.4, 0.5) is 4.39 Å². The molecule has 3 rings (SSSR count). The Hall–Kier alpha value is -2.18. The Kier molecular flexibility index (Phi) is 5.50. The molecule has 1 aliphatic heterocycles. The Morgan fingerprint density at radius 2 is 2.04 bits per heavy atom. The van der Waals surface area contributed by atoms with Crippen LogP contribution in [0.1, 0.15) is 23.1 Å². The standard InChI is InChI=1S/C19H23FN2O3/c1-14-6-7-17(25-14)13-21(2)19(23)18(22-8-10-24-11-9-22)15-4-3-5-16(20)12-15/h3-7,12,18H,8-11,13H2,1-2H3/t18-/m1/s1. The molecule has 1 aromatic carbocycles. The van der Waals surface area contributed by atoms with Crippen LogP contribution in [0.25, 0.3) is 0 Å². The van der Waals surface area contributed by atoms with Crippen LogP contribution >= 0.6 is 0 Å². The lowest BCUT2D eigenvalue weighted by atomic mass is 10.0. The Morgan fingerprint density at radius 1 is 1.28 bits per heavy atom. The highest BCUT2D eigenvalue weighted by Gasteiger charge is 2.31. The SMILES string of the molecule is Cc1ccc(CN(C)C(=O)[C@@H](c2cccc(F)c2)N2CCOCC2)o1. The smallest absolute Gasteiger partial charge is 0.244 e. The lowest BCUT2D eigenvalue weighted by molar-refractivity contribution is -0.138. The first-order chi connectivity index (χ1) is 12.0. The first-order valence-electron chi connectivity index (χ1n) is 8.42. The number of carbonyl (C=O) groups is 1. The highest BCUT2D eigenvalue weighted by molar-refractivity contribution is 5.83. The first-order valence-corrected chi connectivity index (χ1v) is 8.42. The van der Waals surface area contributed by atoms with Crippen molar-refractivity contribution in [3.05, 3.63) is 59.3 Å². The monoisotopic (exact) mass is 346 g/mol. The van der Waals surface area contributed by atoms with Gasteiger partial charge in [-0.15, -0.1) is 0 Å². The molecular formula is C19H23FN2O3. The maximum Gasteiger partial charge on any atom is 0.244 e. The summed E-state index contributed by atoms with van der Waals surface area (Å²) in [5.41, 5.74) is 0.661. The number of likely N-dealkylation sites (N-methyl/N-ethyl adjacent to an activating group) is 1. The highest BCUT2D eigenvalue weighted by Crippen LogP contribution is 2.25. The highest BCUT2D eigenvalue weighted by atomic mass is 19.1. The van der Waals surface area contributed by atoms with Crippen molar-refractivity contribution in [3.63, 3.8) is 0 Å². The van der Waals surface area contributed by atoms with Gasteiger partial charge in [0.05, 0.1) is 19.8 Å². The summed E-state index contributed by atoms with van der Waals surface area (Å²) in [6, 6.07) is 9.47. The molecule has 1 aliphatic rings. The van der Waals surface area contributed by atoms with Gasteiger partial charge in [0.15, 0.2) is 0 Å². The van der Waals surface area contributed by atoms with Gasteiger partial charge in [-0.1, -0.05) is 12.1 Å². The lowest BCUT2D eigenvalue weighted by Crippen LogP contribution is -2.46. The number of furan rings is 1. The molecule has 0 radical (unpaired) electrons. The molecule has 1 amide bonds. The molecule has 6 heteroatoms. The van der Waals surface area contributed by atoms with E-state index in [1.807, 2.05) is 24.0 Å². The van der Waals surface area contributed by atoms with Crippen molar-refractivity contribution >= 4 is 5.91 Å². The molecule has 0 N–H and O–H groups in total. The van der Waals surface area contributed by atoms with E-state index in [0.29, 0.717) is 38.4 Å². The van der Waals surface area contributed by atoms with Crippen molar-refractivity contribution < 1.29 is 18.3 Å². The van der Waals surface area contributed by atoms with Gasteiger partial charge in [-0.05, 0) is 36.8 Å². The van der Waals surface area contributed by atoms with Crippen molar-refractivity contribution in [2.45, 2.75) is 19.5 Å². The number of ether oxygens (including phenoxy) is 1. The molecule has 0 bridgehead atoms. The molecule has 0 saturated carbocycles. The number of hydrogen-bond donors (Lipinski definition) is 0. The third kappa shape index (κ3) is 4.27. The summed E-state index contributed by atoms with van der Waals surface area (Å²) in [5.74, 6) is 1.12. The number of hydrogen-bond acceptors (Lipinski definition) is 4. The predicted octanol–water partition coefficient (Wildman–Crippen LogP) is 2.76. The van der Waals surface area contributed by atoms with Crippen molar-refractivity contribution in [1.29, 1.82) is 0 Å². The quantitative estimate of drug-likeness (QED) is 0.835. The van der Waals surface area contributed by atoms with Crippen LogP contribution in [0.5, 0.6) is 0 Å². The van der Waals surface area contributed by atoms with Gasteiger partial charge in [-0.2, -0.15) is 0 Å². The summed E-state index contributed by atoms with van der Waals surface area (Å²) in [5, 5.41) is 0. The van der Waals surface area contributed by atoms with Gasteiger partial charge in [0, 0.05) is 20.1 Å². The summed E-state index contributed by atoms with van der Waals surface area (Å²) in [4.78, 5) is 16.8. The molecule has 1 fully saturated rings. The van der Waals surface area contributed by atoms with E-state index in [-0.39, 0.29) is 11.7 Å². The number of rotatable bonds is 5. The van der Waals surface area contributed by atoms with E-state index in [1.165, 1.54) is 12.1 Å². The Labute approximate surface area is 147 Å². The minimum atomic E-state index is -0.527. The Balaban J connectivity index is 1.83. The molecule has 2 aromatic rings. The maximum atomic E-state index is 13.7. The van der Waals surface area contributed by atoms with Crippen LogP contribution in [0.15, 0.2) is 40.8 Å². The molecule has 0 unspecified atom stereocenters. The maximum absolute atomic E-state index is 13.7. The van der Waals surface area contributed by atoms with Crippen LogP contribution in [0.3, 0.4) is 0 Å². The van der Waals surface area contributed by atoms with E-state index in [4.69, 9.17) is 9.15 Å². The predicted molar refractivity (Wildman–Crippen MR) is 91.5 cm³/mol. The number of amides is 1. The first kappa shape index (κ1) is 17.6. The second kappa shape index (κ2) is 7.80. The van der Waals surface area contributed by atoms with Crippen LogP contribution in [0.2, 0.25) is 0 Å². The summed E-state index contributed by atoms with van der Waals surface area (Å²) in [7, 11) is 1.74. The van der Waals surface area contributed by atoms with Gasteiger partial charge in [0.1, 0.15) is 23.4 Å². The number of nitrogens with zero attached hydrogens (tertiary/aromatic N) is 2. The van der Waals surface area contributed by atoms with E-state index < -0.39 is 6.04 Å². The zero-order valence-electron chi connectivity index (χ0n) is 14.6. The van der Waals surface area contributed by atoms with Crippen LogP contribution in [0, 0.1) is 12.7 Å². The average Bonchev–Trinajstić information content (AvgIpc) is 3.01. The number of morpholine rings is 1. The minimum Gasteiger partial charge on any atom is -0.464 e. The normalized spacial score (nSPS) is 16.6. The summed E-state index contributed by atoms with van der Waals surface area (Å²) in [6.07, 6.45) is 0. The van der Waals surface area contributed by atoms with Gasteiger partial charge in [-0.25, -0.2) is 4.39 Å². The molecule has 2 heterocycles. The van der Waals surface area contributed by atoms with E-state index in [2.05, 4.69) is 0 Å². The molecule has 25 heavy (non-hydrogen) atoms. The second-order valence-electron chi connectivity index (χ2n) is 6.31. The topological polar surface area (TPSA) is 45.9 Å². The lowest BCUT2D eigenvalue weighted by Gasteiger charge is -2.35. The van der Waals surface area contributed by atoms with Crippen molar-refractivity contribution in [1.82, 2.24) is 9.80 Å². The molecule has 1 saturated heterocycles. The Bertz CT molecular complexity index is 725. The number of aryl methyl sites for hydroxylation is 1. The number of carbonyl (C=O) groups excluding carboxylic acids is 1. The van der Waals surface area contributed by atoms with E-state index >= 15 is 0 Å². The molecular weight excluding hydrogens is 323 g/mol. The fourth-order valence-corrected chi connectivity index (χ4v) is 3.11. The van der Waals surface area contributed by atoms with E-state index in [0.717, 1.165) is 11.5 Å². The third-order valence-corrected chi connectivity index (χ3v) is 4.37. The summed E-state index contributed by atoms with van der Waals surface area (Å²) >= 11 is 0. The molecule has 1 aromatic heterocycles. The number of halogens is 1. The van der Waals surface area contributed by atoms with Gasteiger partial charge in [-0.3, -0.25) is 9.69 Å². The van der Waals surface area contributed by atoms with Gasteiger partial charge in [0.2, 0.25) is 5.91 Å². The second-order valence-corrected chi connectivity index (χ2v) is 6.31. The minimum absolute atomic E-state index is 0.0819. The van der Waals surface area contributed by atoms with E-state index in [1.54, 1.807) is 24.1 Å². The molecule has 134 valence electrons. The van der Waals surface area contributed by atoms with Crippen molar-refractivity contribution in [2.24, 2.45) is 0 Å². The van der Waals surface area contributed by atoms with Crippen molar-refractivity contribution in [2.75, 3.05) is 33.4 Å². The molecule has 0 aliphatic carbocycles. The molecule has 0 spiro atoms. The van der Waals surface area contributed by atoms with Gasteiger partial charge in [0.25, 0.3) is 0 Å². The van der Waals surface area contributed by atoms with Crippen LogP contribution < -0.4 is 0 Å². The fraction of sp³-hybridized carbons (Fsp3) is 0.421. The van der Waals surface area contributed by atoms with Crippen molar-refractivity contribution in [3.8, 4) is 0 Å². The van der Waals surface area contributed by atoms with Crippen LogP contribution in [-0.2, 0) is 16.1 Å². The summed E-state index contributed by atoms with van der Waals surface area (Å²) < 4.78 is 24.7. The van der Waals surface area contributed by atoms with E-state index in [9.17, 15) is 9.18 Å². The zero-order valence-corrected chi connectivity index (χ0v) is 14.6. The van der Waals surface area contributed by atoms with Crippen LogP contribution in [-0.4, -0.2) is 49.1 Å². The summed E-state index contributed by atoms with van der Waals surface area (Å²) in [6.45, 7) is 4.67. The third-order valence-electron chi connectivity index (χ3n) is 4.37. The Morgan fingerprint density at radius 3 is 2.68 bits per heavy atom. The average molecular weight is 346 g/mol. The molecule has 5 nitrogen and oxygen atoms in total. The van der Waals surface area contributed by atoms with Gasteiger partial charge >= 0.3 is 0 Å². The number of benzene rings is 1. The largest absolute Gasteiger partial charge is 0.464 e. The fourth-order valence-electron chi connectivity index (χ4n) is 3.11.